The summed E-state index contributed by atoms with van der Waals surface area (Å²) in [5.74, 6) is 0.417. The van der Waals surface area contributed by atoms with Crippen LogP contribution < -0.4 is 5.56 Å². The largest absolute Gasteiger partial charge is 0.337 e. The number of hydrogen-bond donors (Lipinski definition) is 2. The molecule has 6 nitrogen and oxygen atoms in total. The van der Waals surface area contributed by atoms with Gasteiger partial charge in [0.25, 0.3) is 11.5 Å². The Balaban J connectivity index is 1.90. The fourth-order valence-electron chi connectivity index (χ4n) is 2.93. The van der Waals surface area contributed by atoms with Gasteiger partial charge in [-0.2, -0.15) is 5.26 Å². The molecule has 1 heterocycles. The summed E-state index contributed by atoms with van der Waals surface area (Å²) < 4.78 is 0.230. The Kier molecular flexibility index (Phi) is 4.76. The van der Waals surface area contributed by atoms with Gasteiger partial charge >= 0.3 is 0 Å². The topological polar surface area (TPSA) is 92.8 Å². The lowest BCUT2D eigenvalue weighted by molar-refractivity contribution is 0.0700. The highest BCUT2D eigenvalue weighted by Crippen LogP contribution is 2.27. The molecule has 1 aliphatic carbocycles. The van der Waals surface area contributed by atoms with E-state index >= 15 is 0 Å². The minimum atomic E-state index is -0.274. The van der Waals surface area contributed by atoms with Gasteiger partial charge in [0.2, 0.25) is 0 Å². The van der Waals surface area contributed by atoms with Crippen LogP contribution in [-0.2, 0) is 0 Å². The van der Waals surface area contributed by atoms with Gasteiger partial charge in [-0.05, 0) is 49.2 Å². The summed E-state index contributed by atoms with van der Waals surface area (Å²) in [6, 6.07) is 7.03. The molecular weight excluding hydrogens is 324 g/mol. The van der Waals surface area contributed by atoms with Crippen LogP contribution in [-0.4, -0.2) is 33.9 Å². The number of benzene rings is 1. The van der Waals surface area contributed by atoms with Crippen LogP contribution in [0.1, 0.15) is 36.0 Å². The molecule has 0 unspecified atom stereocenters. The summed E-state index contributed by atoms with van der Waals surface area (Å²) in [7, 11) is 0. The maximum absolute atomic E-state index is 12.8. The second-order valence-electron chi connectivity index (χ2n) is 6.12. The highest BCUT2D eigenvalue weighted by atomic mass is 32.1. The highest BCUT2D eigenvalue weighted by Gasteiger charge is 2.24. The first-order valence-corrected chi connectivity index (χ1v) is 8.42. The quantitative estimate of drug-likeness (QED) is 0.817. The lowest BCUT2D eigenvalue weighted by Gasteiger charge is -2.32. The Morgan fingerprint density at radius 2 is 2.17 bits per heavy atom. The van der Waals surface area contributed by atoms with E-state index in [1.807, 2.05) is 0 Å². The number of rotatable bonds is 5. The van der Waals surface area contributed by atoms with Gasteiger partial charge in [0, 0.05) is 18.7 Å². The van der Waals surface area contributed by atoms with Crippen LogP contribution in [0.2, 0.25) is 0 Å². The van der Waals surface area contributed by atoms with Crippen LogP contribution in [0.3, 0.4) is 0 Å². The van der Waals surface area contributed by atoms with Gasteiger partial charge in [0.15, 0.2) is 4.77 Å². The van der Waals surface area contributed by atoms with Crippen molar-refractivity contribution in [3.8, 4) is 6.07 Å². The maximum atomic E-state index is 12.8. The van der Waals surface area contributed by atoms with E-state index in [-0.39, 0.29) is 16.2 Å². The molecule has 3 rings (SSSR count). The predicted octanol–water partition coefficient (Wildman–Crippen LogP) is 2.74. The Morgan fingerprint density at radius 1 is 1.38 bits per heavy atom. The zero-order valence-electron chi connectivity index (χ0n) is 13.2. The fourth-order valence-corrected chi connectivity index (χ4v) is 3.14. The number of nitriles is 1. The molecule has 0 atom stereocenters. The van der Waals surface area contributed by atoms with Crippen LogP contribution in [0.4, 0.5) is 0 Å². The number of nitrogens with zero attached hydrogens (tertiary/aromatic N) is 2. The molecule has 2 N–H and O–H groups in total. The maximum Gasteiger partial charge on any atom is 0.259 e. The van der Waals surface area contributed by atoms with E-state index in [4.69, 9.17) is 17.5 Å². The van der Waals surface area contributed by atoms with Crippen molar-refractivity contribution in [1.82, 2.24) is 14.9 Å². The lowest BCUT2D eigenvalue weighted by Crippen LogP contribution is -2.38. The SMILES string of the molecule is N#CCCN(CC1CCC1)C(=O)c1ccc2c(=O)[nH]c(=S)[nH]c2c1. The molecule has 0 aliphatic heterocycles. The average Bonchev–Trinajstić information content (AvgIpc) is 2.52. The Labute approximate surface area is 144 Å². The van der Waals surface area contributed by atoms with Crippen LogP contribution in [0, 0.1) is 22.0 Å². The summed E-state index contributed by atoms with van der Waals surface area (Å²) in [5.41, 5.74) is 0.762. The van der Waals surface area contributed by atoms with Crippen LogP contribution in [0.25, 0.3) is 10.9 Å². The monoisotopic (exact) mass is 342 g/mol. The van der Waals surface area contributed by atoms with Gasteiger partial charge in [0.1, 0.15) is 0 Å². The number of amides is 1. The van der Waals surface area contributed by atoms with Crippen LogP contribution in [0.15, 0.2) is 23.0 Å². The number of aromatic nitrogens is 2. The fraction of sp³-hybridized carbons (Fsp3) is 0.412. The molecule has 1 aromatic heterocycles. The van der Waals surface area contributed by atoms with Crippen molar-refractivity contribution in [1.29, 1.82) is 5.26 Å². The van der Waals surface area contributed by atoms with Crippen molar-refractivity contribution >= 4 is 29.0 Å². The first-order valence-electron chi connectivity index (χ1n) is 8.01. The summed E-state index contributed by atoms with van der Waals surface area (Å²) in [6.07, 6.45) is 3.79. The number of hydrogen-bond acceptors (Lipinski definition) is 4. The molecule has 7 heteroatoms. The van der Waals surface area contributed by atoms with Crippen molar-refractivity contribution in [3.63, 3.8) is 0 Å². The first-order chi connectivity index (χ1) is 11.6. The van der Waals surface area contributed by atoms with Gasteiger partial charge in [0.05, 0.1) is 23.4 Å². The normalized spacial score (nSPS) is 14.1. The molecule has 2 aromatic rings. The lowest BCUT2D eigenvalue weighted by atomic mass is 9.85. The molecule has 124 valence electrons. The van der Waals surface area contributed by atoms with Gasteiger partial charge in [-0.15, -0.1) is 0 Å². The summed E-state index contributed by atoms with van der Waals surface area (Å²) in [5, 5.41) is 9.29. The number of fused-ring (bicyclic) bond motifs is 1. The molecule has 1 aliphatic rings. The van der Waals surface area contributed by atoms with E-state index in [2.05, 4.69) is 16.0 Å². The van der Waals surface area contributed by atoms with Crippen LogP contribution in [0.5, 0.6) is 0 Å². The molecule has 1 fully saturated rings. The van der Waals surface area contributed by atoms with Crippen molar-refractivity contribution in [2.75, 3.05) is 13.1 Å². The molecule has 1 saturated carbocycles. The number of nitrogens with one attached hydrogen (secondary N) is 2. The van der Waals surface area contributed by atoms with E-state index < -0.39 is 0 Å². The average molecular weight is 342 g/mol. The van der Waals surface area contributed by atoms with E-state index in [1.165, 1.54) is 6.42 Å². The molecular formula is C17H18N4O2S. The van der Waals surface area contributed by atoms with Crippen molar-refractivity contribution < 1.29 is 4.79 Å². The second kappa shape index (κ2) is 6.97. The van der Waals surface area contributed by atoms with E-state index in [1.54, 1.807) is 23.1 Å². The second-order valence-corrected chi connectivity index (χ2v) is 6.53. The number of carbonyl (C=O) groups is 1. The Bertz CT molecular complexity index is 921. The standard InChI is InChI=1S/C17H18N4O2S/c18-7-2-8-21(10-11-3-1-4-11)16(23)12-5-6-13-14(9-12)19-17(24)20-15(13)22/h5-6,9,11H,1-4,8,10H2,(H2,19,20,22,24). The Morgan fingerprint density at radius 3 is 2.83 bits per heavy atom. The zero-order valence-corrected chi connectivity index (χ0v) is 14.0. The molecule has 24 heavy (non-hydrogen) atoms. The summed E-state index contributed by atoms with van der Waals surface area (Å²) >= 11 is 4.98. The summed E-state index contributed by atoms with van der Waals surface area (Å²) in [6.45, 7) is 1.11. The molecule has 0 bridgehead atoms. The van der Waals surface area contributed by atoms with Crippen LogP contribution >= 0.6 is 12.2 Å². The third kappa shape index (κ3) is 3.39. The van der Waals surface area contributed by atoms with Gasteiger partial charge in [-0.25, -0.2) is 0 Å². The molecule has 0 saturated heterocycles. The minimum Gasteiger partial charge on any atom is -0.337 e. The predicted molar refractivity (Wildman–Crippen MR) is 93.2 cm³/mol. The zero-order chi connectivity index (χ0) is 17.1. The molecule has 1 amide bonds. The molecule has 0 radical (unpaired) electrons. The van der Waals surface area contributed by atoms with Gasteiger partial charge < -0.3 is 9.88 Å². The molecule has 0 spiro atoms. The number of aromatic amines is 2. The van der Waals surface area contributed by atoms with Gasteiger partial charge in [-0.3, -0.25) is 14.6 Å². The van der Waals surface area contributed by atoms with Crippen molar-refractivity contribution in [2.24, 2.45) is 5.92 Å². The third-order valence-corrected chi connectivity index (χ3v) is 4.67. The smallest absolute Gasteiger partial charge is 0.259 e. The number of carbonyl (C=O) groups excluding carboxylic acids is 1. The Hall–Kier alpha value is -2.46. The first kappa shape index (κ1) is 16.4. The minimum absolute atomic E-state index is 0.112. The van der Waals surface area contributed by atoms with Crippen molar-refractivity contribution in [3.05, 3.63) is 38.9 Å². The highest BCUT2D eigenvalue weighted by molar-refractivity contribution is 7.71. The van der Waals surface area contributed by atoms with E-state index in [9.17, 15) is 9.59 Å². The van der Waals surface area contributed by atoms with E-state index in [0.717, 1.165) is 12.8 Å². The van der Waals surface area contributed by atoms with E-state index in [0.29, 0.717) is 41.9 Å². The number of H-pyrrole nitrogens is 2. The van der Waals surface area contributed by atoms with Crippen molar-refractivity contribution in [2.45, 2.75) is 25.7 Å². The summed E-state index contributed by atoms with van der Waals surface area (Å²) in [4.78, 5) is 31.9. The third-order valence-electron chi connectivity index (χ3n) is 4.47. The van der Waals surface area contributed by atoms with Gasteiger partial charge in [-0.1, -0.05) is 6.42 Å². The molecule has 1 aromatic carbocycles.